The number of sulfonamides is 1. The largest absolute Gasteiger partial charge is 0.324 e. The predicted octanol–water partition coefficient (Wildman–Crippen LogP) is 3.31. The summed E-state index contributed by atoms with van der Waals surface area (Å²) in [5.41, 5.74) is 0.0833. The first kappa shape index (κ1) is 20.6. The molecule has 26 heavy (non-hydrogen) atoms. The Morgan fingerprint density at radius 3 is 2.69 bits per heavy atom. The number of likely N-dealkylation sites (N-methyl/N-ethyl adjacent to an activating group) is 1. The van der Waals surface area contributed by atoms with Crippen LogP contribution in [0.4, 0.5) is 14.5 Å². The maximum absolute atomic E-state index is 12.7. The molecule has 0 radical (unpaired) electrons. The van der Waals surface area contributed by atoms with Gasteiger partial charge in [-0.05, 0) is 24.3 Å². The number of hydrogen-bond acceptors (Lipinski definition) is 5. The standard InChI is InChI=1S/C15H14ClF2N3O3S2/c1-21(26(23,24)10-4-3-7-19-8-10)9-13(22)20-12-6-2-5-11(16)14(12)25-15(17)18/h2-8,15H,9H2,1H3,(H,20,22). The highest BCUT2D eigenvalue weighted by molar-refractivity contribution is 7.99. The third kappa shape index (κ3) is 5.13. The van der Waals surface area contributed by atoms with Crippen molar-refractivity contribution in [3.8, 4) is 0 Å². The van der Waals surface area contributed by atoms with E-state index in [1.807, 2.05) is 0 Å². The molecule has 2 rings (SSSR count). The summed E-state index contributed by atoms with van der Waals surface area (Å²) in [5, 5.41) is 2.47. The van der Waals surface area contributed by atoms with E-state index in [-0.39, 0.29) is 32.3 Å². The maximum atomic E-state index is 12.7. The fraction of sp³-hybridized carbons (Fsp3) is 0.200. The molecule has 1 N–H and O–H groups in total. The minimum Gasteiger partial charge on any atom is -0.324 e. The lowest BCUT2D eigenvalue weighted by molar-refractivity contribution is -0.116. The van der Waals surface area contributed by atoms with Crippen molar-refractivity contribution >= 4 is 45.0 Å². The molecule has 0 atom stereocenters. The van der Waals surface area contributed by atoms with Gasteiger partial charge in [0.15, 0.2) is 0 Å². The van der Waals surface area contributed by atoms with Crippen LogP contribution < -0.4 is 5.32 Å². The number of nitrogens with zero attached hydrogens (tertiary/aromatic N) is 2. The number of rotatable bonds is 7. The zero-order chi connectivity index (χ0) is 19.3. The van der Waals surface area contributed by atoms with Crippen LogP contribution in [0, 0.1) is 0 Å². The van der Waals surface area contributed by atoms with Crippen molar-refractivity contribution in [1.29, 1.82) is 0 Å². The summed E-state index contributed by atoms with van der Waals surface area (Å²) in [6.07, 6.45) is 2.59. The normalized spacial score (nSPS) is 11.8. The number of carbonyl (C=O) groups is 1. The topological polar surface area (TPSA) is 79.4 Å². The molecule has 1 heterocycles. The monoisotopic (exact) mass is 421 g/mol. The smallest absolute Gasteiger partial charge is 0.289 e. The predicted molar refractivity (Wildman–Crippen MR) is 96.0 cm³/mol. The van der Waals surface area contributed by atoms with Crippen molar-refractivity contribution in [2.24, 2.45) is 0 Å². The van der Waals surface area contributed by atoms with Crippen LogP contribution in [0.2, 0.25) is 5.02 Å². The summed E-state index contributed by atoms with van der Waals surface area (Å²) >= 11 is 6.09. The zero-order valence-electron chi connectivity index (χ0n) is 13.4. The Kier molecular flexibility index (Phi) is 6.93. The second-order valence-electron chi connectivity index (χ2n) is 4.99. The van der Waals surface area contributed by atoms with Gasteiger partial charge in [-0.2, -0.15) is 13.1 Å². The van der Waals surface area contributed by atoms with Crippen LogP contribution in [0.5, 0.6) is 0 Å². The molecule has 0 fully saturated rings. The van der Waals surface area contributed by atoms with Crippen LogP contribution in [0.25, 0.3) is 0 Å². The molecule has 1 amide bonds. The Labute approximate surface area is 158 Å². The Morgan fingerprint density at radius 1 is 1.35 bits per heavy atom. The second kappa shape index (κ2) is 8.76. The first-order valence-corrected chi connectivity index (χ1v) is 9.81. The quantitative estimate of drug-likeness (QED) is 0.694. The molecule has 0 unspecified atom stereocenters. The van der Waals surface area contributed by atoms with Crippen molar-refractivity contribution < 1.29 is 22.0 Å². The van der Waals surface area contributed by atoms with Gasteiger partial charge in [0.1, 0.15) is 4.90 Å². The summed E-state index contributed by atoms with van der Waals surface area (Å²) in [7, 11) is -2.67. The van der Waals surface area contributed by atoms with Gasteiger partial charge in [0.05, 0.1) is 22.2 Å². The molecular formula is C15H14ClF2N3O3S2. The molecule has 11 heteroatoms. The highest BCUT2D eigenvalue weighted by Crippen LogP contribution is 2.37. The Bertz CT molecular complexity index is 883. The first-order valence-electron chi connectivity index (χ1n) is 7.11. The lowest BCUT2D eigenvalue weighted by atomic mass is 10.3. The third-order valence-corrected chi connectivity index (χ3v) is 6.22. The molecular weight excluding hydrogens is 408 g/mol. The van der Waals surface area contributed by atoms with Gasteiger partial charge >= 0.3 is 0 Å². The van der Waals surface area contributed by atoms with E-state index >= 15 is 0 Å². The van der Waals surface area contributed by atoms with Gasteiger partial charge in [0.25, 0.3) is 5.76 Å². The molecule has 140 valence electrons. The molecule has 0 bridgehead atoms. The molecule has 0 spiro atoms. The van der Waals surface area contributed by atoms with Crippen molar-refractivity contribution in [3.05, 3.63) is 47.7 Å². The Hall–Kier alpha value is -1.75. The van der Waals surface area contributed by atoms with Gasteiger partial charge < -0.3 is 5.32 Å². The van der Waals surface area contributed by atoms with Crippen LogP contribution in [-0.4, -0.2) is 43.0 Å². The van der Waals surface area contributed by atoms with Crippen LogP contribution in [-0.2, 0) is 14.8 Å². The van der Waals surface area contributed by atoms with Gasteiger partial charge in [-0.3, -0.25) is 9.78 Å². The van der Waals surface area contributed by atoms with Gasteiger partial charge in [-0.1, -0.05) is 29.4 Å². The fourth-order valence-corrected chi connectivity index (χ4v) is 3.98. The third-order valence-electron chi connectivity index (χ3n) is 3.16. The number of thioether (sulfide) groups is 1. The molecule has 6 nitrogen and oxygen atoms in total. The minimum absolute atomic E-state index is 0.00952. The number of anilines is 1. The molecule has 1 aromatic heterocycles. The lowest BCUT2D eigenvalue weighted by Crippen LogP contribution is -2.35. The number of nitrogens with one attached hydrogen (secondary N) is 1. The minimum atomic E-state index is -3.90. The number of alkyl halides is 2. The summed E-state index contributed by atoms with van der Waals surface area (Å²) < 4.78 is 50.9. The Morgan fingerprint density at radius 2 is 2.08 bits per heavy atom. The van der Waals surface area contributed by atoms with Crippen LogP contribution in [0.3, 0.4) is 0 Å². The molecule has 1 aromatic carbocycles. The highest BCUT2D eigenvalue weighted by atomic mass is 35.5. The summed E-state index contributed by atoms with van der Waals surface area (Å²) in [5.74, 6) is -3.42. The van der Waals surface area contributed by atoms with Crippen molar-refractivity contribution in [2.45, 2.75) is 15.5 Å². The van der Waals surface area contributed by atoms with E-state index in [1.54, 1.807) is 0 Å². The lowest BCUT2D eigenvalue weighted by Gasteiger charge is -2.17. The maximum Gasteiger partial charge on any atom is 0.289 e. The number of hydrogen-bond donors (Lipinski definition) is 1. The summed E-state index contributed by atoms with van der Waals surface area (Å²) in [6, 6.07) is 7.13. The van der Waals surface area contributed by atoms with Crippen LogP contribution in [0.15, 0.2) is 52.5 Å². The van der Waals surface area contributed by atoms with Gasteiger partial charge in [-0.25, -0.2) is 8.42 Å². The van der Waals surface area contributed by atoms with E-state index in [4.69, 9.17) is 11.6 Å². The molecule has 0 aliphatic heterocycles. The van der Waals surface area contributed by atoms with Crippen molar-refractivity contribution in [1.82, 2.24) is 9.29 Å². The SMILES string of the molecule is CN(CC(=O)Nc1cccc(Cl)c1SC(F)F)S(=O)(=O)c1cccnc1. The number of halogens is 3. The molecule has 0 aliphatic rings. The van der Waals surface area contributed by atoms with Crippen LogP contribution >= 0.6 is 23.4 Å². The number of amides is 1. The second-order valence-corrected chi connectivity index (χ2v) is 8.45. The first-order chi connectivity index (χ1) is 12.2. The highest BCUT2D eigenvalue weighted by Gasteiger charge is 2.24. The summed E-state index contributed by atoms with van der Waals surface area (Å²) in [4.78, 5) is 15.9. The van der Waals surface area contributed by atoms with E-state index in [0.717, 1.165) is 10.5 Å². The Balaban J connectivity index is 2.13. The zero-order valence-corrected chi connectivity index (χ0v) is 15.8. The molecule has 0 saturated carbocycles. The average molecular weight is 422 g/mol. The van der Waals surface area contributed by atoms with E-state index in [0.29, 0.717) is 0 Å². The van der Waals surface area contributed by atoms with Gasteiger partial charge in [0, 0.05) is 19.4 Å². The molecule has 2 aromatic rings. The summed E-state index contributed by atoms with van der Waals surface area (Å²) in [6.45, 7) is -0.511. The van der Waals surface area contributed by atoms with Crippen LogP contribution in [0.1, 0.15) is 0 Å². The fourth-order valence-electron chi connectivity index (χ4n) is 1.97. The van der Waals surface area contributed by atoms with E-state index in [9.17, 15) is 22.0 Å². The molecule has 0 aliphatic carbocycles. The molecule has 0 saturated heterocycles. The number of pyridine rings is 1. The van der Waals surface area contributed by atoms with E-state index in [2.05, 4.69) is 10.3 Å². The van der Waals surface area contributed by atoms with Gasteiger partial charge in [-0.15, -0.1) is 0 Å². The number of carbonyl (C=O) groups excluding carboxylic acids is 1. The van der Waals surface area contributed by atoms with Gasteiger partial charge in [0.2, 0.25) is 15.9 Å². The number of aromatic nitrogens is 1. The average Bonchev–Trinajstić information content (AvgIpc) is 2.58. The van der Waals surface area contributed by atoms with Crippen molar-refractivity contribution in [2.75, 3.05) is 18.9 Å². The van der Waals surface area contributed by atoms with E-state index < -0.39 is 28.2 Å². The van der Waals surface area contributed by atoms with Crippen molar-refractivity contribution in [3.63, 3.8) is 0 Å². The van der Waals surface area contributed by atoms with E-state index in [1.165, 1.54) is 43.6 Å². The number of benzene rings is 1.